The molecule has 5 heteroatoms. The molecule has 0 bridgehead atoms. The minimum atomic E-state index is 0.117. The first-order valence-electron chi connectivity index (χ1n) is 7.89. The van der Waals surface area contributed by atoms with Crippen LogP contribution < -0.4 is 5.73 Å². The van der Waals surface area contributed by atoms with Crippen LogP contribution >= 0.6 is 0 Å². The molecule has 0 aromatic carbocycles. The molecule has 1 saturated heterocycles. The van der Waals surface area contributed by atoms with Gasteiger partial charge in [-0.2, -0.15) is 0 Å². The van der Waals surface area contributed by atoms with Crippen LogP contribution in [-0.4, -0.2) is 59.5 Å². The van der Waals surface area contributed by atoms with Crippen LogP contribution in [0.3, 0.4) is 0 Å². The monoisotopic (exact) mass is 290 g/mol. The van der Waals surface area contributed by atoms with Crippen LogP contribution in [-0.2, 0) is 0 Å². The quantitative estimate of drug-likeness (QED) is 0.889. The van der Waals surface area contributed by atoms with Crippen LogP contribution in [0.5, 0.6) is 0 Å². The Balaban J connectivity index is 1.96. The zero-order chi connectivity index (χ0) is 15.1. The molecule has 1 unspecified atom stereocenters. The lowest BCUT2D eigenvalue weighted by atomic mass is 10.1. The molecule has 2 N–H and O–H groups in total. The van der Waals surface area contributed by atoms with Crippen molar-refractivity contribution in [1.82, 2.24) is 14.8 Å². The van der Waals surface area contributed by atoms with Crippen LogP contribution in [0.25, 0.3) is 0 Å². The first-order valence-corrected chi connectivity index (χ1v) is 7.89. The summed E-state index contributed by atoms with van der Waals surface area (Å²) in [5.74, 6) is 0.117. The minimum absolute atomic E-state index is 0.117. The number of nitrogens with two attached hydrogens (primary N) is 1. The van der Waals surface area contributed by atoms with Crippen molar-refractivity contribution in [2.24, 2.45) is 5.73 Å². The van der Waals surface area contributed by atoms with Crippen molar-refractivity contribution in [1.29, 1.82) is 0 Å². The summed E-state index contributed by atoms with van der Waals surface area (Å²) in [5, 5.41) is 0. The topological polar surface area (TPSA) is 62.5 Å². The van der Waals surface area contributed by atoms with E-state index in [1.165, 1.54) is 0 Å². The average Bonchev–Trinajstić information content (AvgIpc) is 2.78. The van der Waals surface area contributed by atoms with E-state index in [4.69, 9.17) is 5.73 Å². The second-order valence-electron chi connectivity index (χ2n) is 5.56. The molecular weight excluding hydrogens is 264 g/mol. The largest absolute Gasteiger partial charge is 0.337 e. The van der Waals surface area contributed by atoms with Crippen molar-refractivity contribution in [3.8, 4) is 0 Å². The normalized spacial score (nSPS) is 18.3. The van der Waals surface area contributed by atoms with Gasteiger partial charge in [-0.05, 0) is 37.9 Å². The van der Waals surface area contributed by atoms with Crippen molar-refractivity contribution in [3.63, 3.8) is 0 Å². The summed E-state index contributed by atoms with van der Waals surface area (Å²) in [6.07, 6.45) is 6.53. The maximum absolute atomic E-state index is 12.5. The molecule has 116 valence electrons. The third kappa shape index (κ3) is 4.25. The van der Waals surface area contributed by atoms with E-state index < -0.39 is 0 Å². The summed E-state index contributed by atoms with van der Waals surface area (Å²) in [4.78, 5) is 20.9. The Morgan fingerprint density at radius 3 is 2.71 bits per heavy atom. The SMILES string of the molecule is CCC(CCN)N1CCCN(C(=O)c2ccncc2)CC1. The van der Waals surface area contributed by atoms with Gasteiger partial charge in [0.15, 0.2) is 0 Å². The van der Waals surface area contributed by atoms with Gasteiger partial charge in [0.2, 0.25) is 0 Å². The number of amides is 1. The van der Waals surface area contributed by atoms with Gasteiger partial charge >= 0.3 is 0 Å². The second kappa shape index (κ2) is 8.10. The summed E-state index contributed by atoms with van der Waals surface area (Å²) >= 11 is 0. The summed E-state index contributed by atoms with van der Waals surface area (Å²) < 4.78 is 0. The first-order chi connectivity index (χ1) is 10.3. The van der Waals surface area contributed by atoms with Crippen LogP contribution in [0.1, 0.15) is 36.5 Å². The molecule has 0 saturated carbocycles. The number of pyridine rings is 1. The number of hydrogen-bond donors (Lipinski definition) is 1. The molecular formula is C16H26N4O. The molecule has 1 aromatic heterocycles. The first kappa shape index (κ1) is 15.9. The number of carbonyl (C=O) groups is 1. The number of hydrogen-bond acceptors (Lipinski definition) is 4. The molecule has 5 nitrogen and oxygen atoms in total. The van der Waals surface area contributed by atoms with E-state index in [-0.39, 0.29) is 5.91 Å². The molecule has 1 aliphatic rings. The maximum Gasteiger partial charge on any atom is 0.254 e. The fourth-order valence-corrected chi connectivity index (χ4v) is 3.02. The molecule has 2 rings (SSSR count). The maximum atomic E-state index is 12.5. The van der Waals surface area contributed by atoms with Crippen LogP contribution in [0.4, 0.5) is 0 Å². The standard InChI is InChI=1S/C16H26N4O/c1-2-15(4-7-17)19-10-3-11-20(13-12-19)16(21)14-5-8-18-9-6-14/h5-6,8-9,15H,2-4,7,10-13,17H2,1H3. The molecule has 1 fully saturated rings. The van der Waals surface area contributed by atoms with E-state index in [2.05, 4.69) is 16.8 Å². The highest BCUT2D eigenvalue weighted by Crippen LogP contribution is 2.14. The number of rotatable bonds is 5. The van der Waals surface area contributed by atoms with Crippen molar-refractivity contribution in [2.75, 3.05) is 32.7 Å². The predicted molar refractivity (Wildman–Crippen MR) is 84.1 cm³/mol. The summed E-state index contributed by atoms with van der Waals surface area (Å²) in [5.41, 5.74) is 6.43. The molecule has 1 aromatic rings. The highest BCUT2D eigenvalue weighted by molar-refractivity contribution is 5.94. The molecule has 1 atom stereocenters. The smallest absolute Gasteiger partial charge is 0.254 e. The van der Waals surface area contributed by atoms with Gasteiger partial charge in [-0.25, -0.2) is 0 Å². The second-order valence-corrected chi connectivity index (χ2v) is 5.56. The Morgan fingerprint density at radius 2 is 2.05 bits per heavy atom. The minimum Gasteiger partial charge on any atom is -0.337 e. The van der Waals surface area contributed by atoms with Crippen molar-refractivity contribution in [2.45, 2.75) is 32.2 Å². The highest BCUT2D eigenvalue weighted by atomic mass is 16.2. The Hall–Kier alpha value is -1.46. The van der Waals surface area contributed by atoms with Crippen molar-refractivity contribution in [3.05, 3.63) is 30.1 Å². The lowest BCUT2D eigenvalue weighted by Crippen LogP contribution is -2.40. The van der Waals surface area contributed by atoms with E-state index in [0.717, 1.165) is 57.5 Å². The van der Waals surface area contributed by atoms with Crippen LogP contribution in [0.2, 0.25) is 0 Å². The number of nitrogens with zero attached hydrogens (tertiary/aromatic N) is 3. The molecule has 1 aliphatic heterocycles. The summed E-state index contributed by atoms with van der Waals surface area (Å²) in [7, 11) is 0. The third-order valence-electron chi connectivity index (χ3n) is 4.23. The molecule has 0 spiro atoms. The van der Waals surface area contributed by atoms with Gasteiger partial charge < -0.3 is 10.6 Å². The van der Waals surface area contributed by atoms with Gasteiger partial charge in [-0.15, -0.1) is 0 Å². The van der Waals surface area contributed by atoms with Gasteiger partial charge in [-0.3, -0.25) is 14.7 Å². The van der Waals surface area contributed by atoms with E-state index >= 15 is 0 Å². The van der Waals surface area contributed by atoms with E-state index in [1.54, 1.807) is 24.5 Å². The van der Waals surface area contributed by atoms with Gasteiger partial charge in [0.1, 0.15) is 0 Å². The third-order valence-corrected chi connectivity index (χ3v) is 4.23. The van der Waals surface area contributed by atoms with E-state index in [9.17, 15) is 4.79 Å². The Morgan fingerprint density at radius 1 is 1.29 bits per heavy atom. The lowest BCUT2D eigenvalue weighted by molar-refractivity contribution is 0.0757. The predicted octanol–water partition coefficient (Wildman–Crippen LogP) is 1.36. The van der Waals surface area contributed by atoms with Crippen LogP contribution in [0.15, 0.2) is 24.5 Å². The lowest BCUT2D eigenvalue weighted by Gasteiger charge is -2.29. The number of aromatic nitrogens is 1. The molecule has 2 heterocycles. The van der Waals surface area contributed by atoms with Gasteiger partial charge in [0.25, 0.3) is 5.91 Å². The number of carbonyl (C=O) groups excluding carboxylic acids is 1. The Kier molecular flexibility index (Phi) is 6.14. The Bertz CT molecular complexity index is 437. The van der Waals surface area contributed by atoms with Crippen molar-refractivity contribution >= 4 is 5.91 Å². The fourth-order valence-electron chi connectivity index (χ4n) is 3.02. The van der Waals surface area contributed by atoms with E-state index in [1.807, 2.05) is 4.90 Å². The average molecular weight is 290 g/mol. The fraction of sp³-hybridized carbons (Fsp3) is 0.625. The highest BCUT2D eigenvalue weighted by Gasteiger charge is 2.23. The molecule has 21 heavy (non-hydrogen) atoms. The zero-order valence-corrected chi connectivity index (χ0v) is 12.9. The van der Waals surface area contributed by atoms with Gasteiger partial charge in [0.05, 0.1) is 0 Å². The van der Waals surface area contributed by atoms with Gasteiger partial charge in [-0.1, -0.05) is 6.92 Å². The van der Waals surface area contributed by atoms with Crippen LogP contribution in [0, 0.1) is 0 Å². The van der Waals surface area contributed by atoms with Crippen molar-refractivity contribution < 1.29 is 4.79 Å². The van der Waals surface area contributed by atoms with Gasteiger partial charge in [0, 0.05) is 50.2 Å². The molecule has 0 aliphatic carbocycles. The summed E-state index contributed by atoms with van der Waals surface area (Å²) in [6.45, 7) is 6.56. The summed E-state index contributed by atoms with van der Waals surface area (Å²) in [6, 6.07) is 4.12. The molecule has 0 radical (unpaired) electrons. The Labute approximate surface area is 127 Å². The van der Waals surface area contributed by atoms with E-state index in [0.29, 0.717) is 6.04 Å². The molecule has 1 amide bonds. The zero-order valence-electron chi connectivity index (χ0n) is 12.9.